The molecule has 0 saturated carbocycles. The zero-order chi connectivity index (χ0) is 13.8. The van der Waals surface area contributed by atoms with Gasteiger partial charge in [-0.3, -0.25) is 4.57 Å². The molecule has 5 heteroatoms. The summed E-state index contributed by atoms with van der Waals surface area (Å²) in [5.41, 5.74) is 2.26. The van der Waals surface area contributed by atoms with Crippen LogP contribution in [-0.2, 0) is 6.42 Å². The zero-order valence-electron chi connectivity index (χ0n) is 11.1. The van der Waals surface area contributed by atoms with Gasteiger partial charge in [-0.2, -0.15) is 0 Å². The molecule has 2 rings (SSSR count). The lowest BCUT2D eigenvalue weighted by Gasteiger charge is -2.08. The molecular weight excluding hydrogens is 280 g/mol. The maximum absolute atomic E-state index is 5.87. The molecule has 1 N–H and O–H groups in total. The first-order chi connectivity index (χ1) is 9.21. The number of fused-ring (bicyclic) bond motifs is 1. The monoisotopic (exact) mass is 296 g/mol. The number of alkyl halides is 1. The van der Waals surface area contributed by atoms with Gasteiger partial charge >= 0.3 is 0 Å². The first-order valence-electron chi connectivity index (χ1n) is 6.23. The van der Waals surface area contributed by atoms with Crippen molar-refractivity contribution < 1.29 is 4.74 Å². The quantitative estimate of drug-likeness (QED) is 0.693. The first kappa shape index (κ1) is 14.2. The van der Waals surface area contributed by atoms with Gasteiger partial charge in [-0.15, -0.1) is 11.6 Å². The molecule has 0 saturated heterocycles. The standard InChI is InChI=1S/C14H17ClN2OS/c1-3-16-14(19)17-9-10(6-7-15)12-8-11(18-2)4-5-13(12)17/h4-5,8-9H,3,6-7H2,1-2H3,(H,16,19). The van der Waals surface area contributed by atoms with E-state index in [9.17, 15) is 0 Å². The molecule has 1 aromatic carbocycles. The fourth-order valence-corrected chi connectivity index (χ4v) is 2.61. The second-order valence-corrected chi connectivity index (χ2v) is 4.95. The van der Waals surface area contributed by atoms with Crippen LogP contribution in [0, 0.1) is 0 Å². The van der Waals surface area contributed by atoms with Crippen LogP contribution in [0.1, 0.15) is 12.5 Å². The Bertz CT molecular complexity index is 594. The van der Waals surface area contributed by atoms with Crippen LogP contribution >= 0.6 is 23.8 Å². The second kappa shape index (κ2) is 6.26. The fourth-order valence-electron chi connectivity index (χ4n) is 2.11. The van der Waals surface area contributed by atoms with Crippen LogP contribution in [0.4, 0.5) is 0 Å². The topological polar surface area (TPSA) is 26.2 Å². The number of methoxy groups -OCH3 is 1. The lowest BCUT2D eigenvalue weighted by atomic mass is 10.1. The molecule has 0 bridgehead atoms. The molecular formula is C14H17ClN2OS. The molecule has 0 atom stereocenters. The molecule has 0 aliphatic rings. The maximum Gasteiger partial charge on any atom is 0.177 e. The van der Waals surface area contributed by atoms with Crippen molar-refractivity contribution >= 4 is 39.8 Å². The predicted molar refractivity (Wildman–Crippen MR) is 84.6 cm³/mol. The van der Waals surface area contributed by atoms with Gasteiger partial charge in [0.05, 0.1) is 12.6 Å². The Morgan fingerprint density at radius 3 is 2.89 bits per heavy atom. The lowest BCUT2D eigenvalue weighted by Crippen LogP contribution is -2.27. The molecule has 0 radical (unpaired) electrons. The summed E-state index contributed by atoms with van der Waals surface area (Å²) >= 11 is 11.3. The summed E-state index contributed by atoms with van der Waals surface area (Å²) in [4.78, 5) is 0. The molecule has 1 heterocycles. The molecule has 1 aromatic heterocycles. The SMILES string of the molecule is CCNC(=S)n1cc(CCCl)c2cc(OC)ccc21. The highest BCUT2D eigenvalue weighted by Gasteiger charge is 2.11. The van der Waals surface area contributed by atoms with Crippen LogP contribution in [0.2, 0.25) is 0 Å². The summed E-state index contributed by atoms with van der Waals surface area (Å²) in [5, 5.41) is 5.01. The van der Waals surface area contributed by atoms with E-state index in [0.29, 0.717) is 11.0 Å². The molecule has 0 spiro atoms. The Labute approximate surface area is 123 Å². The van der Waals surface area contributed by atoms with Crippen molar-refractivity contribution in [2.45, 2.75) is 13.3 Å². The van der Waals surface area contributed by atoms with Crippen molar-refractivity contribution in [1.29, 1.82) is 0 Å². The Balaban J connectivity index is 2.56. The minimum absolute atomic E-state index is 0.588. The molecule has 19 heavy (non-hydrogen) atoms. The molecule has 0 aliphatic heterocycles. The Kier molecular flexibility index (Phi) is 4.66. The van der Waals surface area contributed by atoms with E-state index in [1.54, 1.807) is 7.11 Å². The van der Waals surface area contributed by atoms with E-state index >= 15 is 0 Å². The van der Waals surface area contributed by atoms with Crippen molar-refractivity contribution in [1.82, 2.24) is 9.88 Å². The molecule has 3 nitrogen and oxygen atoms in total. The Hall–Kier alpha value is -1.26. The predicted octanol–water partition coefficient (Wildman–Crippen LogP) is 3.17. The summed E-state index contributed by atoms with van der Waals surface area (Å²) in [6, 6.07) is 6.00. The van der Waals surface area contributed by atoms with Crippen molar-refractivity contribution in [2.75, 3.05) is 19.5 Å². The van der Waals surface area contributed by atoms with Crippen LogP contribution in [0.15, 0.2) is 24.4 Å². The van der Waals surface area contributed by atoms with E-state index in [2.05, 4.69) is 11.5 Å². The van der Waals surface area contributed by atoms with Gasteiger partial charge < -0.3 is 10.1 Å². The van der Waals surface area contributed by atoms with Crippen molar-refractivity contribution in [3.05, 3.63) is 30.0 Å². The van der Waals surface area contributed by atoms with E-state index in [1.165, 1.54) is 5.56 Å². The van der Waals surface area contributed by atoms with Crippen LogP contribution in [0.25, 0.3) is 10.9 Å². The number of benzene rings is 1. The first-order valence-corrected chi connectivity index (χ1v) is 7.17. The highest BCUT2D eigenvalue weighted by molar-refractivity contribution is 7.80. The van der Waals surface area contributed by atoms with Gasteiger partial charge in [0.15, 0.2) is 5.11 Å². The summed E-state index contributed by atoms with van der Waals surface area (Å²) in [7, 11) is 1.67. The number of halogens is 1. The molecule has 0 amide bonds. The summed E-state index contributed by atoms with van der Waals surface area (Å²) in [6.07, 6.45) is 2.87. The van der Waals surface area contributed by atoms with Crippen LogP contribution in [0.5, 0.6) is 5.75 Å². The molecule has 102 valence electrons. The zero-order valence-corrected chi connectivity index (χ0v) is 12.6. The highest BCUT2D eigenvalue weighted by Crippen LogP contribution is 2.26. The summed E-state index contributed by atoms with van der Waals surface area (Å²) < 4.78 is 7.28. The van der Waals surface area contributed by atoms with Gasteiger partial charge in [0.1, 0.15) is 5.75 Å². The number of thiocarbonyl (C=S) groups is 1. The lowest BCUT2D eigenvalue weighted by molar-refractivity contribution is 0.415. The fraction of sp³-hybridized carbons (Fsp3) is 0.357. The Morgan fingerprint density at radius 2 is 2.26 bits per heavy atom. The minimum Gasteiger partial charge on any atom is -0.497 e. The van der Waals surface area contributed by atoms with E-state index in [1.807, 2.05) is 29.7 Å². The number of aryl methyl sites for hydroxylation is 1. The number of ether oxygens (including phenoxy) is 1. The van der Waals surface area contributed by atoms with Crippen molar-refractivity contribution in [3.63, 3.8) is 0 Å². The van der Waals surface area contributed by atoms with Crippen LogP contribution in [0.3, 0.4) is 0 Å². The number of rotatable bonds is 4. The largest absolute Gasteiger partial charge is 0.497 e. The van der Waals surface area contributed by atoms with Gasteiger partial charge in [0, 0.05) is 24.0 Å². The second-order valence-electron chi connectivity index (χ2n) is 4.18. The summed E-state index contributed by atoms with van der Waals surface area (Å²) in [6.45, 7) is 2.83. The molecule has 0 unspecified atom stereocenters. The number of nitrogens with zero attached hydrogens (tertiary/aromatic N) is 1. The number of hydrogen-bond donors (Lipinski definition) is 1. The average Bonchev–Trinajstić information content (AvgIpc) is 2.78. The van der Waals surface area contributed by atoms with Crippen molar-refractivity contribution in [3.8, 4) is 5.75 Å². The van der Waals surface area contributed by atoms with E-state index < -0.39 is 0 Å². The molecule has 0 aliphatic carbocycles. The number of nitrogens with one attached hydrogen (secondary N) is 1. The normalized spacial score (nSPS) is 10.7. The van der Waals surface area contributed by atoms with E-state index in [4.69, 9.17) is 28.6 Å². The number of hydrogen-bond acceptors (Lipinski definition) is 2. The van der Waals surface area contributed by atoms with Gasteiger partial charge in [-0.1, -0.05) is 0 Å². The maximum atomic E-state index is 5.87. The van der Waals surface area contributed by atoms with Gasteiger partial charge in [-0.05, 0) is 49.3 Å². The van der Waals surface area contributed by atoms with Crippen molar-refractivity contribution in [2.24, 2.45) is 0 Å². The third-order valence-corrected chi connectivity index (χ3v) is 3.53. The van der Waals surface area contributed by atoms with Gasteiger partial charge in [0.2, 0.25) is 0 Å². The highest BCUT2D eigenvalue weighted by atomic mass is 35.5. The minimum atomic E-state index is 0.588. The average molecular weight is 297 g/mol. The van der Waals surface area contributed by atoms with Gasteiger partial charge in [0.25, 0.3) is 0 Å². The van der Waals surface area contributed by atoms with E-state index in [0.717, 1.165) is 29.6 Å². The number of aromatic nitrogens is 1. The van der Waals surface area contributed by atoms with Crippen LogP contribution < -0.4 is 10.1 Å². The summed E-state index contributed by atoms with van der Waals surface area (Å²) in [5.74, 6) is 1.43. The smallest absolute Gasteiger partial charge is 0.177 e. The van der Waals surface area contributed by atoms with E-state index in [-0.39, 0.29) is 0 Å². The third-order valence-electron chi connectivity index (χ3n) is 3.00. The molecule has 0 fully saturated rings. The molecule has 2 aromatic rings. The van der Waals surface area contributed by atoms with Gasteiger partial charge in [-0.25, -0.2) is 0 Å². The Morgan fingerprint density at radius 1 is 1.47 bits per heavy atom. The van der Waals surface area contributed by atoms with Crippen LogP contribution in [-0.4, -0.2) is 29.2 Å². The third kappa shape index (κ3) is 2.85.